The van der Waals surface area contributed by atoms with Gasteiger partial charge in [-0.05, 0) is 24.5 Å². The summed E-state index contributed by atoms with van der Waals surface area (Å²) < 4.78 is 10.4. The lowest BCUT2D eigenvalue weighted by molar-refractivity contribution is -0.385. The molecule has 20 heavy (non-hydrogen) atoms. The molecule has 0 spiro atoms. The van der Waals surface area contributed by atoms with Crippen LogP contribution < -0.4 is 10.1 Å². The second kappa shape index (κ2) is 7.21. The van der Waals surface area contributed by atoms with Crippen molar-refractivity contribution in [2.75, 3.05) is 20.3 Å². The monoisotopic (exact) mass is 280 g/mol. The van der Waals surface area contributed by atoms with Crippen molar-refractivity contribution >= 4 is 5.69 Å². The lowest BCUT2D eigenvalue weighted by Crippen LogP contribution is -2.15. The summed E-state index contributed by atoms with van der Waals surface area (Å²) in [6, 6.07) is 5.71. The number of nitrogens with zero attached hydrogens (tertiary/aromatic N) is 1. The highest BCUT2D eigenvalue weighted by Crippen LogP contribution is 2.28. The molecule has 6 nitrogen and oxygen atoms in total. The maximum Gasteiger partial charge on any atom is 0.311 e. The molecule has 1 saturated carbocycles. The molecule has 0 heterocycles. The van der Waals surface area contributed by atoms with Crippen LogP contribution in [-0.2, 0) is 11.3 Å². The van der Waals surface area contributed by atoms with E-state index in [4.69, 9.17) is 9.47 Å². The van der Waals surface area contributed by atoms with Gasteiger partial charge in [-0.15, -0.1) is 0 Å². The number of ether oxygens (including phenoxy) is 2. The molecule has 6 heteroatoms. The number of methoxy groups -OCH3 is 1. The number of benzene rings is 1. The van der Waals surface area contributed by atoms with E-state index in [1.165, 1.54) is 12.8 Å². The van der Waals surface area contributed by atoms with Crippen LogP contribution in [0.1, 0.15) is 24.8 Å². The van der Waals surface area contributed by atoms with Crippen molar-refractivity contribution in [1.82, 2.24) is 5.32 Å². The highest BCUT2D eigenvalue weighted by molar-refractivity contribution is 5.48. The Morgan fingerprint density at radius 3 is 2.85 bits per heavy atom. The average Bonchev–Trinajstić information content (AvgIpc) is 3.26. The molecule has 0 amide bonds. The van der Waals surface area contributed by atoms with Crippen LogP contribution in [0.15, 0.2) is 18.2 Å². The zero-order valence-corrected chi connectivity index (χ0v) is 11.6. The third-order valence-electron chi connectivity index (χ3n) is 3.14. The molecule has 2 rings (SSSR count). The van der Waals surface area contributed by atoms with Gasteiger partial charge >= 0.3 is 5.69 Å². The lowest BCUT2D eigenvalue weighted by atomic mass is 10.2. The lowest BCUT2D eigenvalue weighted by Gasteiger charge is -2.08. The van der Waals surface area contributed by atoms with E-state index in [0.29, 0.717) is 38.0 Å². The minimum Gasteiger partial charge on any atom is -0.487 e. The van der Waals surface area contributed by atoms with Crippen LogP contribution >= 0.6 is 0 Å². The van der Waals surface area contributed by atoms with E-state index < -0.39 is 4.92 Å². The maximum absolute atomic E-state index is 11.1. The minimum absolute atomic E-state index is 0.0255. The number of nitrogens with one attached hydrogen (secondary N) is 1. The zero-order valence-electron chi connectivity index (χ0n) is 11.6. The van der Waals surface area contributed by atoms with Crippen molar-refractivity contribution in [3.8, 4) is 5.75 Å². The molecule has 0 aliphatic heterocycles. The Morgan fingerprint density at radius 2 is 2.20 bits per heavy atom. The summed E-state index contributed by atoms with van der Waals surface area (Å²) in [6.45, 7) is 1.65. The minimum atomic E-state index is -0.397. The number of hydrogen-bond acceptors (Lipinski definition) is 5. The summed E-state index contributed by atoms with van der Waals surface area (Å²) in [4.78, 5) is 10.7. The molecular formula is C14H20N2O4. The Bertz CT molecular complexity index is 460. The van der Waals surface area contributed by atoms with E-state index in [1.807, 2.05) is 6.07 Å². The topological polar surface area (TPSA) is 73.6 Å². The van der Waals surface area contributed by atoms with Crippen LogP contribution in [0.2, 0.25) is 0 Å². The van der Waals surface area contributed by atoms with Crippen LogP contribution in [0, 0.1) is 10.1 Å². The summed E-state index contributed by atoms with van der Waals surface area (Å²) >= 11 is 0. The van der Waals surface area contributed by atoms with Gasteiger partial charge in [0.25, 0.3) is 0 Å². The van der Waals surface area contributed by atoms with Crippen LogP contribution in [0.25, 0.3) is 0 Å². The fraction of sp³-hybridized carbons (Fsp3) is 0.571. The van der Waals surface area contributed by atoms with Crippen molar-refractivity contribution in [3.63, 3.8) is 0 Å². The quantitative estimate of drug-likeness (QED) is 0.426. The Morgan fingerprint density at radius 1 is 1.40 bits per heavy atom. The zero-order chi connectivity index (χ0) is 14.4. The van der Waals surface area contributed by atoms with Gasteiger partial charge in [0.2, 0.25) is 0 Å². The first kappa shape index (κ1) is 14.7. The van der Waals surface area contributed by atoms with Crippen molar-refractivity contribution in [2.45, 2.75) is 31.8 Å². The third-order valence-corrected chi connectivity index (χ3v) is 3.14. The fourth-order valence-electron chi connectivity index (χ4n) is 1.87. The first-order valence-corrected chi connectivity index (χ1v) is 6.83. The Balaban J connectivity index is 1.96. The molecule has 0 bridgehead atoms. The number of nitro benzene ring substituents is 1. The van der Waals surface area contributed by atoms with E-state index in [-0.39, 0.29) is 5.69 Å². The van der Waals surface area contributed by atoms with Gasteiger partial charge in [0, 0.05) is 38.8 Å². The van der Waals surface area contributed by atoms with E-state index in [2.05, 4.69) is 5.32 Å². The second-order valence-corrected chi connectivity index (χ2v) is 4.91. The predicted molar refractivity (Wildman–Crippen MR) is 74.9 cm³/mol. The van der Waals surface area contributed by atoms with Crippen LogP contribution in [-0.4, -0.2) is 31.3 Å². The molecule has 0 atom stereocenters. The van der Waals surface area contributed by atoms with Gasteiger partial charge in [0.1, 0.15) is 0 Å². The Kier molecular flexibility index (Phi) is 5.31. The van der Waals surface area contributed by atoms with Gasteiger partial charge < -0.3 is 14.8 Å². The van der Waals surface area contributed by atoms with Gasteiger partial charge in [0.05, 0.1) is 11.5 Å². The van der Waals surface area contributed by atoms with Crippen molar-refractivity contribution < 1.29 is 14.4 Å². The second-order valence-electron chi connectivity index (χ2n) is 4.91. The van der Waals surface area contributed by atoms with E-state index in [0.717, 1.165) is 5.56 Å². The highest BCUT2D eigenvalue weighted by Gasteiger charge is 2.21. The molecule has 0 aromatic heterocycles. The largest absolute Gasteiger partial charge is 0.487 e. The SMILES string of the molecule is COCCCOc1ccc(CNC2CC2)cc1[N+](=O)[O-]. The summed E-state index contributed by atoms with van der Waals surface area (Å²) in [7, 11) is 1.62. The molecule has 1 aromatic rings. The Labute approximate surface area is 118 Å². The fourth-order valence-corrected chi connectivity index (χ4v) is 1.87. The maximum atomic E-state index is 11.1. The predicted octanol–water partition coefficient (Wildman–Crippen LogP) is 2.26. The normalized spacial score (nSPS) is 14.2. The Hall–Kier alpha value is -1.66. The molecular weight excluding hydrogens is 260 g/mol. The molecule has 1 aliphatic carbocycles. The van der Waals surface area contributed by atoms with Crippen LogP contribution in [0.5, 0.6) is 5.75 Å². The first-order chi connectivity index (χ1) is 9.70. The van der Waals surface area contributed by atoms with E-state index >= 15 is 0 Å². The van der Waals surface area contributed by atoms with Gasteiger partial charge in [-0.25, -0.2) is 0 Å². The highest BCUT2D eigenvalue weighted by atomic mass is 16.6. The summed E-state index contributed by atoms with van der Waals surface area (Å²) in [5, 5.41) is 14.4. The van der Waals surface area contributed by atoms with E-state index in [9.17, 15) is 10.1 Å². The van der Waals surface area contributed by atoms with Gasteiger partial charge in [-0.2, -0.15) is 0 Å². The summed E-state index contributed by atoms with van der Waals surface area (Å²) in [5.41, 5.74) is 0.936. The van der Waals surface area contributed by atoms with Crippen molar-refractivity contribution in [3.05, 3.63) is 33.9 Å². The van der Waals surface area contributed by atoms with Gasteiger partial charge in [0.15, 0.2) is 5.75 Å². The molecule has 1 aromatic carbocycles. The van der Waals surface area contributed by atoms with Crippen molar-refractivity contribution in [2.24, 2.45) is 0 Å². The number of rotatable bonds is 9. The van der Waals surface area contributed by atoms with Gasteiger partial charge in [-0.1, -0.05) is 6.07 Å². The first-order valence-electron chi connectivity index (χ1n) is 6.83. The molecule has 1 aliphatic rings. The summed E-state index contributed by atoms with van der Waals surface area (Å²) in [5.74, 6) is 0.321. The molecule has 110 valence electrons. The van der Waals surface area contributed by atoms with Crippen LogP contribution in [0.3, 0.4) is 0 Å². The van der Waals surface area contributed by atoms with Crippen LogP contribution in [0.4, 0.5) is 5.69 Å². The van der Waals surface area contributed by atoms with Gasteiger partial charge in [-0.3, -0.25) is 10.1 Å². The molecule has 0 radical (unpaired) electrons. The molecule has 1 N–H and O–H groups in total. The standard InChI is InChI=1S/C14H20N2O4/c1-19-7-2-8-20-14-6-3-11(9-13(14)16(17)18)10-15-12-4-5-12/h3,6,9,12,15H,2,4-5,7-8,10H2,1H3. The molecule has 1 fully saturated rings. The number of hydrogen-bond donors (Lipinski definition) is 1. The average molecular weight is 280 g/mol. The molecule has 0 saturated heterocycles. The number of nitro groups is 1. The molecule has 0 unspecified atom stereocenters. The smallest absolute Gasteiger partial charge is 0.311 e. The van der Waals surface area contributed by atoms with E-state index in [1.54, 1.807) is 19.2 Å². The van der Waals surface area contributed by atoms with Crippen molar-refractivity contribution in [1.29, 1.82) is 0 Å². The third kappa shape index (κ3) is 4.47. The summed E-state index contributed by atoms with van der Waals surface area (Å²) in [6.07, 6.45) is 3.10.